The number of nitrogens with two attached hydrogens (primary N) is 1. The van der Waals surface area contributed by atoms with E-state index in [1.807, 2.05) is 24.3 Å². The summed E-state index contributed by atoms with van der Waals surface area (Å²) < 4.78 is 6.22. The van der Waals surface area contributed by atoms with Gasteiger partial charge in [0, 0.05) is 10.0 Å². The van der Waals surface area contributed by atoms with Crippen LogP contribution >= 0.6 is 15.9 Å². The zero-order chi connectivity index (χ0) is 11.9. The Morgan fingerprint density at radius 1 is 1.29 bits per heavy atom. The molecule has 0 radical (unpaired) electrons. The van der Waals surface area contributed by atoms with Crippen LogP contribution in [0.25, 0.3) is 11.4 Å². The van der Waals surface area contributed by atoms with Crippen LogP contribution in [0.15, 0.2) is 33.3 Å². The molecule has 1 saturated carbocycles. The fraction of sp³-hybridized carbons (Fsp3) is 0.333. The maximum absolute atomic E-state index is 6.15. The molecule has 1 aliphatic rings. The summed E-state index contributed by atoms with van der Waals surface area (Å²) in [5.41, 5.74) is 6.67. The van der Waals surface area contributed by atoms with Crippen molar-refractivity contribution >= 4 is 15.9 Å². The second-order valence-corrected chi connectivity index (χ2v) is 5.27. The fourth-order valence-electron chi connectivity index (χ4n) is 1.95. The summed E-state index contributed by atoms with van der Waals surface area (Å²) in [7, 11) is 0. The van der Waals surface area contributed by atoms with Crippen molar-refractivity contribution in [3.63, 3.8) is 0 Å². The van der Waals surface area contributed by atoms with Gasteiger partial charge in [0.1, 0.15) is 0 Å². The molecular weight excluding hydrogens is 282 g/mol. The van der Waals surface area contributed by atoms with E-state index in [0.717, 1.165) is 29.3 Å². The van der Waals surface area contributed by atoms with Crippen LogP contribution in [0.4, 0.5) is 0 Å². The Bertz CT molecular complexity index is 548. The minimum absolute atomic E-state index is 0.396. The van der Waals surface area contributed by atoms with Gasteiger partial charge in [-0.2, -0.15) is 4.98 Å². The Hall–Kier alpha value is -1.20. The number of hydrogen-bond acceptors (Lipinski definition) is 4. The van der Waals surface area contributed by atoms with Gasteiger partial charge in [0.25, 0.3) is 0 Å². The first-order chi connectivity index (χ1) is 8.19. The highest BCUT2D eigenvalue weighted by Crippen LogP contribution is 2.38. The lowest BCUT2D eigenvalue weighted by Crippen LogP contribution is -2.43. The van der Waals surface area contributed by atoms with E-state index in [-0.39, 0.29) is 0 Å². The van der Waals surface area contributed by atoms with Crippen LogP contribution in [-0.2, 0) is 5.54 Å². The third-order valence-corrected chi connectivity index (χ3v) is 3.90. The number of hydrogen-bond donors (Lipinski definition) is 1. The zero-order valence-electron chi connectivity index (χ0n) is 9.19. The highest BCUT2D eigenvalue weighted by molar-refractivity contribution is 9.10. The van der Waals surface area contributed by atoms with Gasteiger partial charge in [0.05, 0.1) is 5.54 Å². The molecule has 17 heavy (non-hydrogen) atoms. The number of nitrogens with zero attached hydrogens (tertiary/aromatic N) is 2. The molecule has 4 nitrogen and oxygen atoms in total. The van der Waals surface area contributed by atoms with Crippen molar-refractivity contribution < 1.29 is 4.52 Å². The van der Waals surface area contributed by atoms with Gasteiger partial charge in [0.2, 0.25) is 11.7 Å². The molecule has 0 spiro atoms. The number of aromatic nitrogens is 2. The predicted molar refractivity (Wildman–Crippen MR) is 67.2 cm³/mol. The van der Waals surface area contributed by atoms with Gasteiger partial charge >= 0.3 is 0 Å². The van der Waals surface area contributed by atoms with Gasteiger partial charge in [0.15, 0.2) is 0 Å². The average Bonchev–Trinajstić information content (AvgIpc) is 2.76. The Balaban J connectivity index is 1.98. The summed E-state index contributed by atoms with van der Waals surface area (Å²) in [5.74, 6) is 1.14. The first kappa shape index (κ1) is 10.9. The van der Waals surface area contributed by atoms with E-state index in [4.69, 9.17) is 10.3 Å². The average molecular weight is 294 g/mol. The van der Waals surface area contributed by atoms with Crippen molar-refractivity contribution in [2.24, 2.45) is 5.73 Å². The van der Waals surface area contributed by atoms with Crippen LogP contribution in [-0.4, -0.2) is 10.1 Å². The number of rotatable bonds is 2. The maximum Gasteiger partial charge on any atom is 0.247 e. The summed E-state index contributed by atoms with van der Waals surface area (Å²) in [4.78, 5) is 4.40. The molecule has 5 heteroatoms. The lowest BCUT2D eigenvalue weighted by atomic mass is 9.78. The minimum Gasteiger partial charge on any atom is -0.337 e. The topological polar surface area (TPSA) is 64.9 Å². The molecule has 0 bridgehead atoms. The summed E-state index contributed by atoms with van der Waals surface area (Å²) in [6.45, 7) is 0. The van der Waals surface area contributed by atoms with E-state index < -0.39 is 5.54 Å². The van der Waals surface area contributed by atoms with Gasteiger partial charge in [-0.25, -0.2) is 0 Å². The Morgan fingerprint density at radius 2 is 2.06 bits per heavy atom. The molecule has 1 aromatic heterocycles. The molecule has 0 saturated heterocycles. The van der Waals surface area contributed by atoms with E-state index in [1.54, 1.807) is 0 Å². The normalized spacial score (nSPS) is 17.8. The van der Waals surface area contributed by atoms with Crippen LogP contribution in [0, 0.1) is 0 Å². The molecule has 1 aliphatic carbocycles. The lowest BCUT2D eigenvalue weighted by molar-refractivity contribution is 0.181. The quantitative estimate of drug-likeness (QED) is 0.925. The van der Waals surface area contributed by atoms with E-state index in [2.05, 4.69) is 26.1 Å². The van der Waals surface area contributed by atoms with Crippen molar-refractivity contribution in [1.82, 2.24) is 10.1 Å². The van der Waals surface area contributed by atoms with E-state index in [9.17, 15) is 0 Å². The minimum atomic E-state index is -0.396. The van der Waals surface area contributed by atoms with E-state index >= 15 is 0 Å². The van der Waals surface area contributed by atoms with Crippen LogP contribution in [0.1, 0.15) is 25.2 Å². The Kier molecular flexibility index (Phi) is 2.52. The SMILES string of the molecule is NC1(c2nc(-c3ccccc3Br)no2)CCC1. The van der Waals surface area contributed by atoms with Crippen molar-refractivity contribution in [2.45, 2.75) is 24.8 Å². The largest absolute Gasteiger partial charge is 0.337 e. The van der Waals surface area contributed by atoms with Gasteiger partial charge < -0.3 is 10.3 Å². The highest BCUT2D eigenvalue weighted by atomic mass is 79.9. The molecule has 0 unspecified atom stereocenters. The molecule has 3 rings (SSSR count). The summed E-state index contributed by atoms with van der Waals surface area (Å²) >= 11 is 3.47. The zero-order valence-corrected chi connectivity index (χ0v) is 10.8. The van der Waals surface area contributed by atoms with Crippen LogP contribution in [0.2, 0.25) is 0 Å². The van der Waals surface area contributed by atoms with Crippen molar-refractivity contribution in [3.8, 4) is 11.4 Å². The smallest absolute Gasteiger partial charge is 0.247 e. The van der Waals surface area contributed by atoms with Gasteiger partial charge in [-0.1, -0.05) is 33.2 Å². The molecule has 0 atom stereocenters. The second kappa shape index (κ2) is 3.92. The summed E-state index contributed by atoms with van der Waals surface area (Å²) in [6, 6.07) is 7.79. The highest BCUT2D eigenvalue weighted by Gasteiger charge is 2.40. The maximum atomic E-state index is 6.15. The molecule has 2 aromatic rings. The molecule has 1 heterocycles. The summed E-state index contributed by atoms with van der Waals surface area (Å²) in [6.07, 6.45) is 2.97. The number of halogens is 1. The molecule has 1 fully saturated rings. The molecule has 0 aliphatic heterocycles. The number of benzene rings is 1. The van der Waals surface area contributed by atoms with Crippen LogP contribution in [0.3, 0.4) is 0 Å². The fourth-order valence-corrected chi connectivity index (χ4v) is 2.41. The second-order valence-electron chi connectivity index (χ2n) is 4.41. The van der Waals surface area contributed by atoms with Gasteiger partial charge in [-0.05, 0) is 31.4 Å². The molecular formula is C12H12BrN3O. The third-order valence-electron chi connectivity index (χ3n) is 3.21. The standard InChI is InChI=1S/C12H12BrN3O/c13-9-5-2-1-4-8(9)10-15-11(17-16-10)12(14)6-3-7-12/h1-2,4-5H,3,6-7,14H2. The molecule has 0 amide bonds. The molecule has 1 aromatic carbocycles. The molecule has 2 N–H and O–H groups in total. The van der Waals surface area contributed by atoms with Crippen molar-refractivity contribution in [1.29, 1.82) is 0 Å². The van der Waals surface area contributed by atoms with Crippen molar-refractivity contribution in [3.05, 3.63) is 34.6 Å². The Labute approximate surface area is 107 Å². The van der Waals surface area contributed by atoms with Crippen LogP contribution in [0.5, 0.6) is 0 Å². The lowest BCUT2D eigenvalue weighted by Gasteiger charge is -2.33. The van der Waals surface area contributed by atoms with Gasteiger partial charge in [-0.3, -0.25) is 0 Å². The molecule has 88 valence electrons. The van der Waals surface area contributed by atoms with E-state index in [1.165, 1.54) is 0 Å². The monoisotopic (exact) mass is 293 g/mol. The third kappa shape index (κ3) is 1.79. The first-order valence-electron chi connectivity index (χ1n) is 5.57. The van der Waals surface area contributed by atoms with E-state index in [0.29, 0.717) is 11.7 Å². The Morgan fingerprint density at radius 3 is 2.71 bits per heavy atom. The van der Waals surface area contributed by atoms with Crippen molar-refractivity contribution in [2.75, 3.05) is 0 Å². The van der Waals surface area contributed by atoms with Crippen LogP contribution < -0.4 is 5.73 Å². The van der Waals surface area contributed by atoms with Gasteiger partial charge in [-0.15, -0.1) is 0 Å². The predicted octanol–water partition coefficient (Wildman–Crippen LogP) is 2.84. The summed E-state index contributed by atoms with van der Waals surface area (Å²) in [5, 5.41) is 4.00. The first-order valence-corrected chi connectivity index (χ1v) is 6.36.